The van der Waals surface area contributed by atoms with Gasteiger partial charge in [-0.1, -0.05) is 18.2 Å². The van der Waals surface area contributed by atoms with Gasteiger partial charge in [0.05, 0.1) is 36.3 Å². The number of nitrogens with one attached hydrogen (secondary N) is 1. The van der Waals surface area contributed by atoms with E-state index in [0.717, 1.165) is 28.4 Å². The summed E-state index contributed by atoms with van der Waals surface area (Å²) in [7, 11) is 0. The molecule has 1 aromatic carbocycles. The number of rotatable bonds is 5. The van der Waals surface area contributed by atoms with Gasteiger partial charge in [-0.2, -0.15) is 0 Å². The Balaban J connectivity index is 1.64. The second-order valence-corrected chi connectivity index (χ2v) is 8.33. The molecule has 1 fully saturated rings. The summed E-state index contributed by atoms with van der Waals surface area (Å²) in [6.45, 7) is 4.54. The van der Waals surface area contributed by atoms with Crippen LogP contribution in [-0.4, -0.2) is 19.6 Å². The summed E-state index contributed by atoms with van der Waals surface area (Å²) in [6.07, 6.45) is 3.45. The van der Waals surface area contributed by atoms with Crippen molar-refractivity contribution in [3.8, 4) is 5.69 Å². The summed E-state index contributed by atoms with van der Waals surface area (Å²) < 4.78 is 22.2. The van der Waals surface area contributed by atoms with Crippen molar-refractivity contribution in [2.45, 2.75) is 32.5 Å². The lowest BCUT2D eigenvalue weighted by Crippen LogP contribution is -2.29. The molecule has 0 aliphatic carbocycles. The van der Waals surface area contributed by atoms with E-state index in [1.165, 1.54) is 6.07 Å². The molecule has 1 saturated heterocycles. The number of hydrogen-bond donors (Lipinski definition) is 1. The first-order chi connectivity index (χ1) is 15.5. The van der Waals surface area contributed by atoms with Crippen molar-refractivity contribution < 1.29 is 8.81 Å². The summed E-state index contributed by atoms with van der Waals surface area (Å²) in [6, 6.07) is 18.4. The van der Waals surface area contributed by atoms with Crippen molar-refractivity contribution in [2.24, 2.45) is 0 Å². The van der Waals surface area contributed by atoms with Gasteiger partial charge in [0.2, 0.25) is 0 Å². The molecule has 5 rings (SSSR count). The van der Waals surface area contributed by atoms with E-state index in [1.54, 1.807) is 24.6 Å². The Bertz CT molecular complexity index is 1250. The van der Waals surface area contributed by atoms with Gasteiger partial charge in [0.1, 0.15) is 11.6 Å². The normalized spacial score (nSPS) is 18.2. The number of hydrogen-bond acceptors (Lipinski definition) is 3. The quantitative estimate of drug-likeness (QED) is 0.416. The second kappa shape index (κ2) is 8.24. The third-order valence-electron chi connectivity index (χ3n) is 5.99. The number of aromatic nitrogens is 2. The smallest absolute Gasteiger partial charge is 0.170 e. The van der Waals surface area contributed by atoms with E-state index in [0.29, 0.717) is 17.3 Å². The Kier molecular flexibility index (Phi) is 5.27. The lowest BCUT2D eigenvalue weighted by atomic mass is 9.96. The van der Waals surface area contributed by atoms with Gasteiger partial charge in [-0.25, -0.2) is 4.39 Å². The number of pyridine rings is 1. The van der Waals surface area contributed by atoms with Crippen LogP contribution in [0.1, 0.15) is 40.5 Å². The second-order valence-electron chi connectivity index (χ2n) is 7.95. The third kappa shape index (κ3) is 3.48. The Labute approximate surface area is 191 Å². The summed E-state index contributed by atoms with van der Waals surface area (Å²) in [5.41, 5.74) is 4.43. The summed E-state index contributed by atoms with van der Waals surface area (Å²) in [5.74, 6) is 0.568. The zero-order valence-electron chi connectivity index (χ0n) is 17.8. The predicted molar refractivity (Wildman–Crippen MR) is 125 cm³/mol. The van der Waals surface area contributed by atoms with Crippen LogP contribution >= 0.6 is 12.2 Å². The van der Waals surface area contributed by atoms with E-state index in [2.05, 4.69) is 21.3 Å². The van der Waals surface area contributed by atoms with E-state index in [9.17, 15) is 4.39 Å². The fourth-order valence-corrected chi connectivity index (χ4v) is 4.88. The van der Waals surface area contributed by atoms with Crippen molar-refractivity contribution in [1.29, 1.82) is 0 Å². The highest BCUT2D eigenvalue weighted by Crippen LogP contribution is 2.42. The summed E-state index contributed by atoms with van der Waals surface area (Å²) >= 11 is 5.74. The maximum absolute atomic E-state index is 14.7. The molecule has 4 heterocycles. The monoisotopic (exact) mass is 446 g/mol. The van der Waals surface area contributed by atoms with Crippen LogP contribution in [0.2, 0.25) is 0 Å². The lowest BCUT2D eigenvalue weighted by Gasteiger charge is -2.27. The van der Waals surface area contributed by atoms with Crippen LogP contribution in [0.15, 0.2) is 77.5 Å². The van der Waals surface area contributed by atoms with Crippen LogP contribution in [0.25, 0.3) is 5.69 Å². The minimum absolute atomic E-state index is 0.130. The molecule has 2 atom stereocenters. The fraction of sp³-hybridized carbons (Fsp3) is 0.200. The molecule has 0 saturated carbocycles. The highest BCUT2D eigenvalue weighted by molar-refractivity contribution is 7.80. The highest BCUT2D eigenvalue weighted by Gasteiger charge is 2.41. The number of furan rings is 1. The largest absolute Gasteiger partial charge is 0.467 e. The van der Waals surface area contributed by atoms with Crippen molar-refractivity contribution >= 4 is 17.3 Å². The van der Waals surface area contributed by atoms with Gasteiger partial charge in [-0.05, 0) is 74.1 Å². The molecule has 5 nitrogen and oxygen atoms in total. The zero-order chi connectivity index (χ0) is 22.2. The first kappa shape index (κ1) is 20.5. The van der Waals surface area contributed by atoms with Gasteiger partial charge in [-0.3, -0.25) is 4.98 Å². The molecule has 0 amide bonds. The molecule has 0 bridgehead atoms. The minimum Gasteiger partial charge on any atom is -0.467 e. The molecule has 32 heavy (non-hydrogen) atoms. The van der Waals surface area contributed by atoms with E-state index in [-0.39, 0.29) is 17.9 Å². The number of aryl methyl sites for hydroxylation is 1. The summed E-state index contributed by atoms with van der Waals surface area (Å²) in [4.78, 5) is 6.72. The van der Waals surface area contributed by atoms with Crippen LogP contribution in [0.5, 0.6) is 0 Å². The number of nitrogens with zero attached hydrogens (tertiary/aromatic N) is 3. The summed E-state index contributed by atoms with van der Waals surface area (Å²) in [5, 5.41) is 4.10. The van der Waals surface area contributed by atoms with E-state index < -0.39 is 0 Å². The van der Waals surface area contributed by atoms with Gasteiger partial charge in [0.15, 0.2) is 5.11 Å². The molecule has 0 radical (unpaired) electrons. The molecule has 1 aliphatic heterocycles. The molecule has 0 unspecified atom stereocenters. The first-order valence-electron chi connectivity index (χ1n) is 10.5. The van der Waals surface area contributed by atoms with Crippen molar-refractivity contribution in [2.75, 3.05) is 0 Å². The standard InChI is InChI=1S/C25H23FN4OS/c1-16-14-19(17(2)30(16)22-11-4-3-9-20(22)26)24-23(21-10-5-6-12-27-21)28-25(32)29(24)15-18-8-7-13-31-18/h3-14,23-24H,15H2,1-2H3,(H,28,32)/t23-,24-/m0/s1. The van der Waals surface area contributed by atoms with Gasteiger partial charge in [0, 0.05) is 17.6 Å². The molecule has 0 spiro atoms. The van der Waals surface area contributed by atoms with Gasteiger partial charge in [-0.15, -0.1) is 0 Å². The number of benzene rings is 1. The van der Waals surface area contributed by atoms with Gasteiger partial charge in [0.25, 0.3) is 0 Å². The maximum Gasteiger partial charge on any atom is 0.170 e. The van der Waals surface area contributed by atoms with E-state index in [1.807, 2.05) is 54.8 Å². The molecule has 3 aromatic heterocycles. The van der Waals surface area contributed by atoms with Gasteiger partial charge >= 0.3 is 0 Å². The molecule has 1 aliphatic rings. The Morgan fingerprint density at radius 3 is 2.62 bits per heavy atom. The molecule has 1 N–H and O–H groups in total. The highest BCUT2D eigenvalue weighted by atomic mass is 32.1. The number of halogens is 1. The number of thiocarbonyl (C=S) groups is 1. The minimum atomic E-state index is -0.255. The average molecular weight is 447 g/mol. The van der Waals surface area contributed by atoms with Crippen molar-refractivity contribution in [3.63, 3.8) is 0 Å². The molecular weight excluding hydrogens is 423 g/mol. The predicted octanol–water partition coefficient (Wildman–Crippen LogP) is 5.39. The van der Waals surface area contributed by atoms with Crippen molar-refractivity contribution in [1.82, 2.24) is 19.8 Å². The Morgan fingerprint density at radius 1 is 1.09 bits per heavy atom. The van der Waals surface area contributed by atoms with Crippen LogP contribution < -0.4 is 5.32 Å². The van der Waals surface area contributed by atoms with E-state index in [4.69, 9.17) is 16.6 Å². The lowest BCUT2D eigenvalue weighted by molar-refractivity contribution is 0.286. The zero-order valence-corrected chi connectivity index (χ0v) is 18.6. The van der Waals surface area contributed by atoms with Crippen molar-refractivity contribution in [3.05, 3.63) is 107 Å². The van der Waals surface area contributed by atoms with E-state index >= 15 is 0 Å². The SMILES string of the molecule is Cc1cc([C@H]2[C@H](c3ccccn3)NC(=S)N2Cc2ccco2)c(C)n1-c1ccccc1F. The number of para-hydroxylation sites is 1. The fourth-order valence-electron chi connectivity index (χ4n) is 4.58. The molecule has 7 heteroatoms. The molecular formula is C25H23FN4OS. The van der Waals surface area contributed by atoms with Crippen LogP contribution in [0, 0.1) is 19.7 Å². The maximum atomic E-state index is 14.7. The molecule has 162 valence electrons. The van der Waals surface area contributed by atoms with Crippen LogP contribution in [0.3, 0.4) is 0 Å². The topological polar surface area (TPSA) is 46.2 Å². The molecule has 4 aromatic rings. The average Bonchev–Trinajstić information content (AvgIpc) is 3.49. The third-order valence-corrected chi connectivity index (χ3v) is 6.34. The van der Waals surface area contributed by atoms with Gasteiger partial charge < -0.3 is 19.2 Å². The first-order valence-corrected chi connectivity index (χ1v) is 10.9. The Morgan fingerprint density at radius 2 is 1.91 bits per heavy atom. The van der Waals surface area contributed by atoms with Crippen LogP contribution in [-0.2, 0) is 6.54 Å². The van der Waals surface area contributed by atoms with Crippen LogP contribution in [0.4, 0.5) is 4.39 Å². The Hall–Kier alpha value is -3.45.